The Morgan fingerprint density at radius 1 is 1.33 bits per heavy atom. The van der Waals surface area contributed by atoms with Gasteiger partial charge in [0.15, 0.2) is 5.82 Å². The normalized spacial score (nSPS) is 10.5. The molecule has 0 aliphatic carbocycles. The molecule has 0 aliphatic heterocycles. The summed E-state index contributed by atoms with van der Waals surface area (Å²) in [4.78, 5) is 13.3. The van der Waals surface area contributed by atoms with E-state index >= 15 is 0 Å². The second-order valence-corrected chi connectivity index (χ2v) is 6.02. The topological polar surface area (TPSA) is 81.9 Å². The van der Waals surface area contributed by atoms with Gasteiger partial charge in [0.25, 0.3) is 5.91 Å². The van der Waals surface area contributed by atoms with Gasteiger partial charge in [-0.05, 0) is 47.0 Å². The lowest BCUT2D eigenvalue weighted by atomic mass is 10.2. The van der Waals surface area contributed by atoms with Crippen LogP contribution in [0.15, 0.2) is 41.8 Å². The van der Waals surface area contributed by atoms with Gasteiger partial charge in [0.1, 0.15) is 12.4 Å². The standard InChI is InChI=1S/C16H17N5O2S/c1-2-21-15(18-19-20-21)11-23-13-6-3-5-12(9-13)16(22)17-10-14-7-4-8-24-14/h3-9H,2,10-11H2,1H3,(H,17,22). The van der Waals surface area contributed by atoms with Crippen molar-refractivity contribution in [2.24, 2.45) is 0 Å². The van der Waals surface area contributed by atoms with Crippen LogP contribution in [0.3, 0.4) is 0 Å². The number of ether oxygens (including phenoxy) is 1. The van der Waals surface area contributed by atoms with Crippen molar-refractivity contribution < 1.29 is 9.53 Å². The highest BCUT2D eigenvalue weighted by molar-refractivity contribution is 7.09. The number of nitrogens with one attached hydrogen (secondary N) is 1. The van der Waals surface area contributed by atoms with Crippen LogP contribution in [0.2, 0.25) is 0 Å². The van der Waals surface area contributed by atoms with E-state index in [2.05, 4.69) is 20.8 Å². The molecule has 2 aromatic heterocycles. The van der Waals surface area contributed by atoms with Crippen LogP contribution in [-0.2, 0) is 19.7 Å². The van der Waals surface area contributed by atoms with E-state index in [1.165, 1.54) is 0 Å². The van der Waals surface area contributed by atoms with Crippen LogP contribution in [-0.4, -0.2) is 26.1 Å². The Balaban J connectivity index is 1.60. The molecule has 1 N–H and O–H groups in total. The van der Waals surface area contributed by atoms with E-state index in [4.69, 9.17) is 4.74 Å². The summed E-state index contributed by atoms with van der Waals surface area (Å²) in [5.74, 6) is 1.11. The molecular formula is C16H17N5O2S. The molecule has 3 aromatic rings. The van der Waals surface area contributed by atoms with Gasteiger partial charge in [-0.25, -0.2) is 4.68 Å². The number of hydrogen-bond donors (Lipinski definition) is 1. The third kappa shape index (κ3) is 3.96. The first kappa shape index (κ1) is 16.1. The Hall–Kier alpha value is -2.74. The van der Waals surface area contributed by atoms with Gasteiger partial charge in [-0.15, -0.1) is 16.4 Å². The van der Waals surface area contributed by atoms with E-state index in [0.717, 1.165) is 4.88 Å². The fourth-order valence-electron chi connectivity index (χ4n) is 2.13. The van der Waals surface area contributed by atoms with Crippen LogP contribution in [0, 0.1) is 0 Å². The number of aryl methyl sites for hydroxylation is 1. The quantitative estimate of drug-likeness (QED) is 0.711. The number of rotatable bonds is 7. The minimum Gasteiger partial charge on any atom is -0.486 e. The van der Waals surface area contributed by atoms with Crippen molar-refractivity contribution in [2.45, 2.75) is 26.6 Å². The third-order valence-corrected chi connectivity index (χ3v) is 4.25. The highest BCUT2D eigenvalue weighted by Gasteiger charge is 2.09. The van der Waals surface area contributed by atoms with E-state index in [0.29, 0.717) is 30.2 Å². The van der Waals surface area contributed by atoms with E-state index in [9.17, 15) is 4.79 Å². The molecule has 0 unspecified atom stereocenters. The first-order valence-corrected chi connectivity index (χ1v) is 8.42. The lowest BCUT2D eigenvalue weighted by Gasteiger charge is -2.08. The third-order valence-electron chi connectivity index (χ3n) is 3.37. The fourth-order valence-corrected chi connectivity index (χ4v) is 2.77. The Morgan fingerprint density at radius 2 is 2.25 bits per heavy atom. The maximum atomic E-state index is 12.2. The summed E-state index contributed by atoms with van der Waals surface area (Å²) in [5, 5.41) is 16.3. The number of benzene rings is 1. The number of carbonyl (C=O) groups is 1. The maximum absolute atomic E-state index is 12.2. The molecule has 0 aliphatic rings. The number of nitrogens with zero attached hydrogens (tertiary/aromatic N) is 4. The van der Waals surface area contributed by atoms with E-state index in [1.807, 2.05) is 24.4 Å². The molecule has 0 saturated heterocycles. The van der Waals surface area contributed by atoms with Crippen molar-refractivity contribution in [3.05, 3.63) is 58.0 Å². The molecule has 7 nitrogen and oxygen atoms in total. The minimum absolute atomic E-state index is 0.132. The van der Waals surface area contributed by atoms with Crippen molar-refractivity contribution in [3.8, 4) is 5.75 Å². The Labute approximate surface area is 143 Å². The summed E-state index contributed by atoms with van der Waals surface area (Å²) in [5.41, 5.74) is 0.555. The van der Waals surface area contributed by atoms with Crippen LogP contribution in [0.1, 0.15) is 28.0 Å². The lowest BCUT2D eigenvalue weighted by molar-refractivity contribution is 0.0951. The van der Waals surface area contributed by atoms with Gasteiger partial charge in [0.05, 0.1) is 6.54 Å². The molecule has 0 atom stereocenters. The van der Waals surface area contributed by atoms with Crippen molar-refractivity contribution in [2.75, 3.05) is 0 Å². The van der Waals surface area contributed by atoms with Gasteiger partial charge >= 0.3 is 0 Å². The molecule has 0 saturated carbocycles. The highest BCUT2D eigenvalue weighted by Crippen LogP contribution is 2.15. The number of tetrazole rings is 1. The Kier molecular flexibility index (Phi) is 5.17. The van der Waals surface area contributed by atoms with Gasteiger partial charge < -0.3 is 10.1 Å². The average Bonchev–Trinajstić information content (AvgIpc) is 3.29. The molecule has 0 radical (unpaired) electrons. The summed E-state index contributed by atoms with van der Waals surface area (Å²) < 4.78 is 7.36. The van der Waals surface area contributed by atoms with Gasteiger partial charge in [-0.1, -0.05) is 12.1 Å². The maximum Gasteiger partial charge on any atom is 0.251 e. The summed E-state index contributed by atoms with van der Waals surface area (Å²) in [6.07, 6.45) is 0. The predicted octanol–water partition coefficient (Wildman–Crippen LogP) is 2.26. The van der Waals surface area contributed by atoms with E-state index < -0.39 is 0 Å². The average molecular weight is 343 g/mol. The van der Waals surface area contributed by atoms with Crippen LogP contribution in [0.5, 0.6) is 5.75 Å². The van der Waals surface area contributed by atoms with Gasteiger partial charge in [-0.2, -0.15) is 0 Å². The van der Waals surface area contributed by atoms with Gasteiger partial charge in [0, 0.05) is 17.0 Å². The van der Waals surface area contributed by atoms with E-state index in [-0.39, 0.29) is 12.5 Å². The zero-order chi connectivity index (χ0) is 16.8. The molecule has 124 valence electrons. The highest BCUT2D eigenvalue weighted by atomic mass is 32.1. The number of carbonyl (C=O) groups excluding carboxylic acids is 1. The van der Waals surface area contributed by atoms with Crippen LogP contribution < -0.4 is 10.1 Å². The largest absolute Gasteiger partial charge is 0.486 e. The Bertz CT molecular complexity index is 800. The summed E-state index contributed by atoms with van der Waals surface area (Å²) in [6.45, 7) is 3.41. The molecule has 0 spiro atoms. The second kappa shape index (κ2) is 7.69. The molecule has 1 amide bonds. The van der Waals surface area contributed by atoms with Crippen molar-refractivity contribution in [3.63, 3.8) is 0 Å². The zero-order valence-corrected chi connectivity index (χ0v) is 14.0. The number of aromatic nitrogens is 4. The molecule has 3 rings (SSSR count). The first-order chi connectivity index (χ1) is 11.8. The van der Waals surface area contributed by atoms with Crippen LogP contribution in [0.25, 0.3) is 0 Å². The second-order valence-electron chi connectivity index (χ2n) is 4.99. The number of thiophene rings is 1. The molecular weight excluding hydrogens is 326 g/mol. The molecule has 2 heterocycles. The van der Waals surface area contributed by atoms with Crippen LogP contribution in [0.4, 0.5) is 0 Å². The smallest absolute Gasteiger partial charge is 0.251 e. The van der Waals surface area contributed by atoms with Crippen molar-refractivity contribution >= 4 is 17.2 Å². The fraction of sp³-hybridized carbons (Fsp3) is 0.250. The summed E-state index contributed by atoms with van der Waals surface area (Å²) in [7, 11) is 0. The molecule has 1 aromatic carbocycles. The van der Waals surface area contributed by atoms with Gasteiger partial charge in [-0.3, -0.25) is 4.79 Å². The molecule has 0 bridgehead atoms. The van der Waals surface area contributed by atoms with Crippen LogP contribution >= 0.6 is 11.3 Å². The van der Waals surface area contributed by atoms with Crippen molar-refractivity contribution in [1.82, 2.24) is 25.5 Å². The van der Waals surface area contributed by atoms with E-state index in [1.54, 1.807) is 40.3 Å². The number of amides is 1. The zero-order valence-electron chi connectivity index (χ0n) is 13.2. The summed E-state index contributed by atoms with van der Waals surface area (Å²) in [6, 6.07) is 11.0. The first-order valence-electron chi connectivity index (χ1n) is 7.54. The van der Waals surface area contributed by atoms with Crippen molar-refractivity contribution in [1.29, 1.82) is 0 Å². The Morgan fingerprint density at radius 3 is 3.04 bits per heavy atom. The minimum atomic E-state index is -0.132. The van der Waals surface area contributed by atoms with Gasteiger partial charge in [0.2, 0.25) is 0 Å². The number of hydrogen-bond acceptors (Lipinski definition) is 6. The SMILES string of the molecule is CCn1nnnc1COc1cccc(C(=O)NCc2cccs2)c1. The predicted molar refractivity (Wildman–Crippen MR) is 89.8 cm³/mol. The molecule has 0 fully saturated rings. The molecule has 24 heavy (non-hydrogen) atoms. The molecule has 8 heteroatoms. The monoisotopic (exact) mass is 343 g/mol. The lowest BCUT2D eigenvalue weighted by Crippen LogP contribution is -2.22. The summed E-state index contributed by atoms with van der Waals surface area (Å²) >= 11 is 1.61.